The van der Waals surface area contributed by atoms with E-state index in [4.69, 9.17) is 0 Å². The number of hydrogen-bond donors (Lipinski definition) is 0. The predicted molar refractivity (Wildman–Crippen MR) is 140 cm³/mol. The zero-order valence-electron chi connectivity index (χ0n) is 20.0. The number of allylic oxidation sites excluding steroid dienone is 4. The molecule has 0 amide bonds. The molecule has 0 radical (unpaired) electrons. The van der Waals surface area contributed by atoms with Gasteiger partial charge in [-0.15, -0.1) is 0 Å². The SMILES string of the molecule is CC1(c2ccccc2)C(=C(C#N)C#N)C(c2ccccc2)=C2c3ccc(F)cc3-c3cc(F)ccc3C21. The predicted octanol–water partition coefficient (Wildman–Crippen LogP) is 7.96. The molecule has 0 saturated carbocycles. The average molecular weight is 483 g/mol. The number of fused-ring (bicyclic) bond motifs is 6. The van der Waals surface area contributed by atoms with E-state index in [2.05, 4.69) is 19.1 Å². The first kappa shape index (κ1) is 22.7. The molecule has 0 aromatic heterocycles. The Hall–Kier alpha value is -4.80. The summed E-state index contributed by atoms with van der Waals surface area (Å²) >= 11 is 0. The summed E-state index contributed by atoms with van der Waals surface area (Å²) in [5.41, 5.74) is 6.14. The van der Waals surface area contributed by atoms with Crippen molar-refractivity contribution in [2.24, 2.45) is 0 Å². The van der Waals surface area contributed by atoms with Crippen LogP contribution in [0.25, 0.3) is 22.3 Å². The van der Waals surface area contributed by atoms with E-state index in [0.717, 1.165) is 33.4 Å². The highest BCUT2D eigenvalue weighted by Gasteiger charge is 2.54. The van der Waals surface area contributed by atoms with Crippen molar-refractivity contribution in [3.63, 3.8) is 0 Å². The van der Waals surface area contributed by atoms with E-state index in [1.54, 1.807) is 12.1 Å². The Kier molecular flexibility index (Phi) is 5.14. The lowest BCUT2D eigenvalue weighted by Gasteiger charge is -2.39. The summed E-state index contributed by atoms with van der Waals surface area (Å²) in [5, 5.41) is 20.3. The summed E-state index contributed by atoms with van der Waals surface area (Å²) in [6.45, 7) is 2.05. The lowest BCUT2D eigenvalue weighted by atomic mass is 9.62. The zero-order valence-corrected chi connectivity index (χ0v) is 20.0. The number of nitriles is 2. The van der Waals surface area contributed by atoms with E-state index >= 15 is 0 Å². The second kappa shape index (κ2) is 8.40. The maximum Gasteiger partial charge on any atom is 0.134 e. The lowest BCUT2D eigenvalue weighted by Crippen LogP contribution is -2.31. The van der Waals surface area contributed by atoms with Gasteiger partial charge in [0.05, 0.1) is 0 Å². The van der Waals surface area contributed by atoms with Crippen LogP contribution in [0.3, 0.4) is 0 Å². The van der Waals surface area contributed by atoms with Gasteiger partial charge in [-0.25, -0.2) is 8.78 Å². The maximum atomic E-state index is 14.6. The fraction of sp³-hybridized carbons (Fsp3) is 0.0909. The molecule has 6 rings (SSSR count). The van der Waals surface area contributed by atoms with Crippen LogP contribution in [0, 0.1) is 34.3 Å². The van der Waals surface area contributed by atoms with E-state index in [1.807, 2.05) is 60.7 Å². The largest absolute Gasteiger partial charge is 0.207 e. The molecule has 0 saturated heterocycles. The van der Waals surface area contributed by atoms with Crippen LogP contribution >= 0.6 is 0 Å². The van der Waals surface area contributed by atoms with Gasteiger partial charge in [0.1, 0.15) is 29.3 Å². The molecule has 2 aliphatic rings. The van der Waals surface area contributed by atoms with Crippen LogP contribution < -0.4 is 0 Å². The Morgan fingerprint density at radius 2 is 1.32 bits per heavy atom. The molecule has 2 unspecified atom stereocenters. The van der Waals surface area contributed by atoms with Gasteiger partial charge in [-0.3, -0.25) is 0 Å². The number of nitrogens with zero attached hydrogens (tertiary/aromatic N) is 2. The number of halogens is 2. The lowest BCUT2D eigenvalue weighted by molar-refractivity contribution is 0.534. The summed E-state index contributed by atoms with van der Waals surface area (Å²) in [7, 11) is 0. The highest BCUT2D eigenvalue weighted by atomic mass is 19.1. The van der Waals surface area contributed by atoms with Crippen molar-refractivity contribution in [3.8, 4) is 23.3 Å². The van der Waals surface area contributed by atoms with Gasteiger partial charge >= 0.3 is 0 Å². The Bertz CT molecular complexity index is 1700. The van der Waals surface area contributed by atoms with Gasteiger partial charge in [0.15, 0.2) is 0 Å². The molecule has 4 aromatic rings. The first-order valence-electron chi connectivity index (χ1n) is 12.0. The number of hydrogen-bond acceptors (Lipinski definition) is 2. The van der Waals surface area contributed by atoms with E-state index in [9.17, 15) is 19.3 Å². The minimum Gasteiger partial charge on any atom is -0.207 e. The Balaban J connectivity index is 1.86. The van der Waals surface area contributed by atoms with E-state index in [-0.39, 0.29) is 11.5 Å². The summed E-state index contributed by atoms with van der Waals surface area (Å²) < 4.78 is 29.2. The summed E-state index contributed by atoms with van der Waals surface area (Å²) in [6.07, 6.45) is 0. The van der Waals surface area contributed by atoms with Gasteiger partial charge in [0, 0.05) is 11.3 Å². The molecule has 4 heteroatoms. The molecule has 0 fully saturated rings. The second-order valence-corrected chi connectivity index (χ2v) is 9.55. The maximum absolute atomic E-state index is 14.6. The van der Waals surface area contributed by atoms with Crippen LogP contribution in [0.5, 0.6) is 0 Å². The molecule has 2 atom stereocenters. The van der Waals surface area contributed by atoms with Gasteiger partial charge in [-0.05, 0) is 74.4 Å². The Morgan fingerprint density at radius 3 is 1.97 bits per heavy atom. The van der Waals surface area contributed by atoms with Gasteiger partial charge < -0.3 is 0 Å². The topological polar surface area (TPSA) is 47.6 Å². The van der Waals surface area contributed by atoms with Crippen molar-refractivity contribution in [1.82, 2.24) is 0 Å². The van der Waals surface area contributed by atoms with Crippen LogP contribution in [0.15, 0.2) is 108 Å². The highest BCUT2D eigenvalue weighted by Crippen LogP contribution is 2.66. The molecule has 0 N–H and O–H groups in total. The van der Waals surface area contributed by atoms with Crippen LogP contribution in [0.2, 0.25) is 0 Å². The highest BCUT2D eigenvalue weighted by molar-refractivity contribution is 6.12. The Morgan fingerprint density at radius 1 is 0.730 bits per heavy atom. The molecule has 176 valence electrons. The van der Waals surface area contributed by atoms with E-state index in [0.29, 0.717) is 16.7 Å². The van der Waals surface area contributed by atoms with Crippen molar-refractivity contribution in [2.45, 2.75) is 18.3 Å². The van der Waals surface area contributed by atoms with Crippen LogP contribution in [0.1, 0.15) is 35.1 Å². The first-order valence-corrected chi connectivity index (χ1v) is 12.0. The molecule has 0 aliphatic heterocycles. The molecule has 2 nitrogen and oxygen atoms in total. The molecule has 0 heterocycles. The second-order valence-electron chi connectivity index (χ2n) is 9.55. The minimum atomic E-state index is -0.832. The van der Waals surface area contributed by atoms with Gasteiger partial charge in [-0.2, -0.15) is 10.5 Å². The van der Waals surface area contributed by atoms with Crippen LogP contribution in [-0.4, -0.2) is 0 Å². The quantitative estimate of drug-likeness (QED) is 0.272. The monoisotopic (exact) mass is 482 g/mol. The van der Waals surface area contributed by atoms with Crippen molar-refractivity contribution in [1.29, 1.82) is 10.5 Å². The summed E-state index contributed by atoms with van der Waals surface area (Å²) in [4.78, 5) is 0. The van der Waals surface area contributed by atoms with Crippen molar-refractivity contribution >= 4 is 11.1 Å². The van der Waals surface area contributed by atoms with Gasteiger partial charge in [-0.1, -0.05) is 79.7 Å². The van der Waals surface area contributed by atoms with E-state index < -0.39 is 17.0 Å². The minimum absolute atomic E-state index is 0.0272. The van der Waals surface area contributed by atoms with Crippen LogP contribution in [0.4, 0.5) is 8.78 Å². The van der Waals surface area contributed by atoms with E-state index in [1.165, 1.54) is 24.3 Å². The van der Waals surface area contributed by atoms with Crippen molar-refractivity contribution in [2.75, 3.05) is 0 Å². The normalized spacial score (nSPS) is 19.4. The summed E-state index contributed by atoms with van der Waals surface area (Å²) in [6, 6.07) is 33.0. The van der Waals surface area contributed by atoms with Crippen molar-refractivity contribution in [3.05, 3.63) is 142 Å². The molecular weight excluding hydrogens is 462 g/mol. The third-order valence-corrected chi connectivity index (χ3v) is 7.70. The fourth-order valence-electron chi connectivity index (χ4n) is 6.24. The van der Waals surface area contributed by atoms with Crippen molar-refractivity contribution < 1.29 is 8.78 Å². The molecule has 4 aromatic carbocycles. The number of benzene rings is 4. The molecule has 2 aliphatic carbocycles. The van der Waals surface area contributed by atoms with Crippen LogP contribution in [-0.2, 0) is 5.41 Å². The Labute approximate surface area is 214 Å². The first-order chi connectivity index (χ1) is 18.0. The average Bonchev–Trinajstić information content (AvgIpc) is 3.21. The standard InChI is InChI=1S/C33H20F2N2/c1-33(22-10-6-3-7-11-22)31(21(18-36)19-37)29(20-8-4-2-5-9-20)30-25-14-12-23(34)16-27(25)28-17-24(35)13-15-26(28)32(30)33/h2-17,32H,1H3. The number of rotatable bonds is 2. The third kappa shape index (κ3) is 3.20. The zero-order chi connectivity index (χ0) is 25.7. The third-order valence-electron chi connectivity index (χ3n) is 7.70. The molecule has 0 spiro atoms. The fourth-order valence-corrected chi connectivity index (χ4v) is 6.24. The molecular formula is C33H20F2N2. The van der Waals surface area contributed by atoms with Gasteiger partial charge in [0.25, 0.3) is 0 Å². The smallest absolute Gasteiger partial charge is 0.134 e. The van der Waals surface area contributed by atoms with Gasteiger partial charge in [0.2, 0.25) is 0 Å². The summed E-state index contributed by atoms with van der Waals surface area (Å²) in [5.74, 6) is -1.16. The molecule has 37 heavy (non-hydrogen) atoms. The molecule has 0 bridgehead atoms.